The van der Waals surface area contributed by atoms with Crippen molar-refractivity contribution in [2.75, 3.05) is 0 Å². The third-order valence-electron chi connectivity index (χ3n) is 4.94. The molecule has 7 nitrogen and oxygen atoms in total. The van der Waals surface area contributed by atoms with Crippen LogP contribution in [0.3, 0.4) is 0 Å². The van der Waals surface area contributed by atoms with Crippen LogP contribution >= 0.6 is 11.3 Å². The van der Waals surface area contributed by atoms with E-state index < -0.39 is 0 Å². The third-order valence-corrected chi connectivity index (χ3v) is 6.00. The summed E-state index contributed by atoms with van der Waals surface area (Å²) in [7, 11) is 1.91. The van der Waals surface area contributed by atoms with E-state index in [0.29, 0.717) is 18.0 Å². The van der Waals surface area contributed by atoms with Crippen molar-refractivity contribution in [1.29, 1.82) is 0 Å². The number of thiazole rings is 1. The van der Waals surface area contributed by atoms with Gasteiger partial charge in [-0.3, -0.25) is 9.48 Å². The number of aromatic nitrogens is 5. The molecule has 0 unspecified atom stereocenters. The van der Waals surface area contributed by atoms with Crippen LogP contribution < -0.4 is 0 Å². The summed E-state index contributed by atoms with van der Waals surface area (Å²) in [5.41, 5.74) is 4.55. The topological polar surface area (TPSA) is 79.7 Å². The fraction of sp³-hybridized carbons (Fsp3) is 0.273. The number of aryl methyl sites for hydroxylation is 4. The number of hydrogen-bond acceptors (Lipinski definition) is 5. The number of carbonyl (C=O) groups is 1. The van der Waals surface area contributed by atoms with E-state index in [9.17, 15) is 4.79 Å². The van der Waals surface area contributed by atoms with Crippen LogP contribution in [-0.4, -0.2) is 35.5 Å². The highest BCUT2D eigenvalue weighted by Gasteiger charge is 2.23. The number of H-pyrrole nitrogens is 1. The molecule has 4 rings (SSSR count). The fourth-order valence-corrected chi connectivity index (χ4v) is 4.26. The average molecular weight is 421 g/mol. The van der Waals surface area contributed by atoms with E-state index >= 15 is 0 Å². The molecular weight excluding hydrogens is 396 g/mol. The first-order valence-corrected chi connectivity index (χ1v) is 10.5. The molecule has 0 bridgehead atoms. The SMILES string of the molecule is Cc1nc(C)c(C(=O)N(Cc2cc(C)n(C)n2)Cc2cnc(-c3ccccc3)[nH]2)s1. The maximum Gasteiger partial charge on any atom is 0.266 e. The molecule has 0 saturated carbocycles. The number of carbonyl (C=O) groups excluding carboxylic acids is 1. The number of nitrogens with one attached hydrogen (secondary N) is 1. The highest BCUT2D eigenvalue weighted by Crippen LogP contribution is 2.22. The Labute approximate surface area is 179 Å². The average Bonchev–Trinajstić information content (AvgIpc) is 3.41. The number of rotatable bonds is 6. The van der Waals surface area contributed by atoms with Gasteiger partial charge in [0.25, 0.3) is 5.91 Å². The lowest BCUT2D eigenvalue weighted by atomic mass is 10.2. The predicted molar refractivity (Wildman–Crippen MR) is 117 cm³/mol. The van der Waals surface area contributed by atoms with E-state index in [1.807, 2.05) is 68.9 Å². The summed E-state index contributed by atoms with van der Waals surface area (Å²) in [5.74, 6) is 0.744. The molecule has 1 aromatic carbocycles. The van der Waals surface area contributed by atoms with Crippen LogP contribution in [0.25, 0.3) is 11.4 Å². The van der Waals surface area contributed by atoms with Gasteiger partial charge in [-0.1, -0.05) is 30.3 Å². The van der Waals surface area contributed by atoms with Crippen LogP contribution in [0.5, 0.6) is 0 Å². The minimum absolute atomic E-state index is 0.0442. The summed E-state index contributed by atoms with van der Waals surface area (Å²) in [5, 5.41) is 5.42. The van der Waals surface area contributed by atoms with Crippen molar-refractivity contribution in [1.82, 2.24) is 29.6 Å². The number of benzene rings is 1. The van der Waals surface area contributed by atoms with Gasteiger partial charge in [-0.05, 0) is 26.8 Å². The van der Waals surface area contributed by atoms with Gasteiger partial charge < -0.3 is 9.88 Å². The standard InChI is InChI=1S/C22H24N6OS/c1-14-10-18(26-27(14)4)12-28(22(29)20-15(2)24-16(3)30-20)13-19-11-23-21(25-19)17-8-6-5-7-9-17/h5-11H,12-13H2,1-4H3,(H,23,25). The lowest BCUT2D eigenvalue weighted by molar-refractivity contribution is 0.0729. The Morgan fingerprint density at radius 1 is 1.17 bits per heavy atom. The molecular formula is C22H24N6OS. The van der Waals surface area contributed by atoms with Crippen LogP contribution in [0.1, 0.15) is 37.5 Å². The smallest absolute Gasteiger partial charge is 0.266 e. The van der Waals surface area contributed by atoms with Crippen LogP contribution in [-0.2, 0) is 20.1 Å². The van der Waals surface area contributed by atoms with Gasteiger partial charge in [-0.2, -0.15) is 5.10 Å². The van der Waals surface area contributed by atoms with Crippen LogP contribution in [0.2, 0.25) is 0 Å². The van der Waals surface area contributed by atoms with Gasteiger partial charge in [0.1, 0.15) is 10.7 Å². The normalized spacial score (nSPS) is 11.1. The second-order valence-electron chi connectivity index (χ2n) is 7.33. The first-order valence-electron chi connectivity index (χ1n) is 9.73. The lowest BCUT2D eigenvalue weighted by Gasteiger charge is -2.20. The van der Waals surface area contributed by atoms with Gasteiger partial charge in [0.05, 0.1) is 41.4 Å². The zero-order chi connectivity index (χ0) is 21.3. The summed E-state index contributed by atoms with van der Waals surface area (Å²) in [6.45, 7) is 6.62. The Bertz CT molecular complexity index is 1150. The van der Waals surface area contributed by atoms with Gasteiger partial charge in [-0.25, -0.2) is 9.97 Å². The quantitative estimate of drug-likeness (QED) is 0.511. The van der Waals surface area contributed by atoms with Crippen molar-refractivity contribution in [3.63, 3.8) is 0 Å². The highest BCUT2D eigenvalue weighted by molar-refractivity contribution is 7.13. The van der Waals surface area contributed by atoms with E-state index in [1.54, 1.807) is 11.1 Å². The lowest BCUT2D eigenvalue weighted by Crippen LogP contribution is -2.30. The van der Waals surface area contributed by atoms with E-state index in [1.165, 1.54) is 11.3 Å². The Hall–Kier alpha value is -3.26. The number of nitrogens with zero attached hydrogens (tertiary/aromatic N) is 5. The highest BCUT2D eigenvalue weighted by atomic mass is 32.1. The zero-order valence-corrected chi connectivity index (χ0v) is 18.3. The van der Waals surface area contributed by atoms with Gasteiger partial charge >= 0.3 is 0 Å². The Balaban J connectivity index is 1.62. The van der Waals surface area contributed by atoms with Crippen molar-refractivity contribution in [3.8, 4) is 11.4 Å². The summed E-state index contributed by atoms with van der Waals surface area (Å²) < 4.78 is 1.82. The van der Waals surface area contributed by atoms with Crippen molar-refractivity contribution >= 4 is 17.2 Å². The molecule has 0 aliphatic heterocycles. The van der Waals surface area contributed by atoms with Crippen molar-refractivity contribution < 1.29 is 4.79 Å². The first kappa shape index (κ1) is 20.0. The van der Waals surface area contributed by atoms with Crippen LogP contribution in [0, 0.1) is 20.8 Å². The Morgan fingerprint density at radius 3 is 2.57 bits per heavy atom. The molecule has 0 aliphatic carbocycles. The van der Waals surface area contributed by atoms with Crippen molar-refractivity contribution in [2.24, 2.45) is 7.05 Å². The first-order chi connectivity index (χ1) is 14.4. The van der Waals surface area contributed by atoms with Gasteiger partial charge in [0.2, 0.25) is 0 Å². The Kier molecular flexibility index (Phi) is 5.50. The molecule has 30 heavy (non-hydrogen) atoms. The maximum atomic E-state index is 13.4. The van der Waals surface area contributed by atoms with Crippen molar-refractivity contribution in [3.05, 3.63) is 75.3 Å². The second kappa shape index (κ2) is 8.23. The molecule has 154 valence electrons. The third kappa shape index (κ3) is 4.18. The molecule has 0 fully saturated rings. The molecule has 0 atom stereocenters. The molecule has 3 heterocycles. The van der Waals surface area contributed by atoms with E-state index in [4.69, 9.17) is 0 Å². The predicted octanol–water partition coefficient (Wildman–Crippen LogP) is 4.03. The monoisotopic (exact) mass is 420 g/mol. The molecule has 0 saturated heterocycles. The molecule has 4 aromatic rings. The number of imidazole rings is 1. The molecule has 0 aliphatic rings. The van der Waals surface area contributed by atoms with Crippen LogP contribution in [0.4, 0.5) is 0 Å². The van der Waals surface area contributed by atoms with E-state index in [-0.39, 0.29) is 5.91 Å². The van der Waals surface area contributed by atoms with Gasteiger partial charge in [-0.15, -0.1) is 11.3 Å². The molecule has 1 N–H and O–H groups in total. The minimum atomic E-state index is -0.0442. The number of hydrogen-bond donors (Lipinski definition) is 1. The van der Waals surface area contributed by atoms with Gasteiger partial charge in [0.15, 0.2) is 0 Å². The summed E-state index contributed by atoms with van der Waals surface area (Å²) in [6, 6.07) is 11.9. The number of amides is 1. The zero-order valence-electron chi connectivity index (χ0n) is 17.5. The molecule has 0 spiro atoms. The van der Waals surface area contributed by atoms with Crippen LogP contribution in [0.15, 0.2) is 42.6 Å². The maximum absolute atomic E-state index is 13.4. The van der Waals surface area contributed by atoms with E-state index in [2.05, 4.69) is 20.1 Å². The molecule has 1 amide bonds. The fourth-order valence-electron chi connectivity index (χ4n) is 3.37. The van der Waals surface area contributed by atoms with E-state index in [0.717, 1.165) is 39.2 Å². The largest absolute Gasteiger partial charge is 0.340 e. The molecule has 0 radical (unpaired) electrons. The summed E-state index contributed by atoms with van der Waals surface area (Å²) >= 11 is 1.43. The second-order valence-corrected chi connectivity index (χ2v) is 8.54. The number of aromatic amines is 1. The molecule has 3 aromatic heterocycles. The molecule has 8 heteroatoms. The Morgan fingerprint density at radius 2 is 1.93 bits per heavy atom. The van der Waals surface area contributed by atoms with Crippen molar-refractivity contribution in [2.45, 2.75) is 33.9 Å². The summed E-state index contributed by atoms with van der Waals surface area (Å²) in [4.78, 5) is 28.1. The summed E-state index contributed by atoms with van der Waals surface area (Å²) in [6.07, 6.45) is 1.79. The van der Waals surface area contributed by atoms with Gasteiger partial charge in [0, 0.05) is 18.3 Å². The minimum Gasteiger partial charge on any atom is -0.340 e.